The largest absolute Gasteiger partial charge is 0.356 e. The van der Waals surface area contributed by atoms with Crippen LogP contribution in [0.15, 0.2) is 27.0 Å². The number of nitrogens with one attached hydrogen (secondary N) is 1. The smallest absolute Gasteiger partial charge is 0.228 e. The van der Waals surface area contributed by atoms with Gasteiger partial charge in [0.15, 0.2) is 11.8 Å². The number of thiophene rings is 1. The van der Waals surface area contributed by atoms with Gasteiger partial charge in [0.05, 0.1) is 0 Å². The first-order valence-electron chi connectivity index (χ1n) is 7.86. The number of hydrogen-bond acceptors (Lipinski definition) is 5. The average molecular weight is 463 g/mol. The summed E-state index contributed by atoms with van der Waals surface area (Å²) in [7, 11) is 3.85. The Morgan fingerprint density at radius 1 is 1.42 bits per heavy atom. The molecule has 1 N–H and O–H groups in total. The van der Waals surface area contributed by atoms with Crippen LogP contribution in [0.25, 0.3) is 0 Å². The first-order chi connectivity index (χ1) is 11.1. The molecule has 2 heterocycles. The van der Waals surface area contributed by atoms with E-state index in [0.29, 0.717) is 12.3 Å². The number of guanidine groups is 1. The van der Waals surface area contributed by atoms with Crippen molar-refractivity contribution in [3.05, 3.63) is 34.1 Å². The van der Waals surface area contributed by atoms with Crippen molar-refractivity contribution in [2.45, 2.75) is 32.6 Å². The molecule has 0 spiro atoms. The van der Waals surface area contributed by atoms with E-state index >= 15 is 0 Å². The molecule has 0 atom stereocenters. The molecule has 0 fully saturated rings. The molecule has 2 aromatic rings. The first-order valence-corrected chi connectivity index (χ1v) is 8.74. The Kier molecular flexibility index (Phi) is 9.27. The van der Waals surface area contributed by atoms with Crippen LogP contribution in [0.3, 0.4) is 0 Å². The van der Waals surface area contributed by atoms with Crippen LogP contribution in [0.4, 0.5) is 0 Å². The fraction of sp³-hybridized carbons (Fsp3) is 0.562. The van der Waals surface area contributed by atoms with Gasteiger partial charge in [0.1, 0.15) is 0 Å². The van der Waals surface area contributed by atoms with Gasteiger partial charge in [0, 0.05) is 44.4 Å². The van der Waals surface area contributed by atoms with Crippen molar-refractivity contribution in [2.75, 3.05) is 27.2 Å². The highest BCUT2D eigenvalue weighted by Crippen LogP contribution is 2.10. The third-order valence-electron chi connectivity index (χ3n) is 3.47. The van der Waals surface area contributed by atoms with Gasteiger partial charge in [0.2, 0.25) is 5.89 Å². The predicted molar refractivity (Wildman–Crippen MR) is 110 cm³/mol. The number of halogens is 1. The molecule has 0 amide bonds. The maximum Gasteiger partial charge on any atom is 0.228 e. The molecule has 6 nitrogen and oxygen atoms in total. The summed E-state index contributed by atoms with van der Waals surface area (Å²) in [5.41, 5.74) is 0. The lowest BCUT2D eigenvalue weighted by Crippen LogP contribution is -2.40. The quantitative estimate of drug-likeness (QED) is 0.388. The van der Waals surface area contributed by atoms with E-state index in [1.807, 2.05) is 7.05 Å². The van der Waals surface area contributed by atoms with E-state index in [2.05, 4.69) is 56.7 Å². The number of rotatable bonds is 7. The molecule has 134 valence electrons. The summed E-state index contributed by atoms with van der Waals surface area (Å²) in [6.45, 7) is 5.75. The summed E-state index contributed by atoms with van der Waals surface area (Å²) in [4.78, 5) is 12.2. The van der Waals surface area contributed by atoms with Crippen molar-refractivity contribution >= 4 is 41.3 Å². The van der Waals surface area contributed by atoms with Crippen LogP contribution in [0.2, 0.25) is 0 Å². The fourth-order valence-electron chi connectivity index (χ4n) is 2.11. The van der Waals surface area contributed by atoms with Crippen molar-refractivity contribution in [1.29, 1.82) is 0 Å². The summed E-state index contributed by atoms with van der Waals surface area (Å²) < 4.78 is 5.25. The number of hydrogen-bond donors (Lipinski definition) is 1. The van der Waals surface area contributed by atoms with Crippen LogP contribution in [0.1, 0.15) is 36.4 Å². The molecule has 8 heteroatoms. The molecule has 0 aromatic carbocycles. The minimum atomic E-state index is 0. The monoisotopic (exact) mass is 463 g/mol. The minimum absolute atomic E-state index is 0. The lowest BCUT2D eigenvalue weighted by atomic mass is 10.2. The molecule has 24 heavy (non-hydrogen) atoms. The van der Waals surface area contributed by atoms with Gasteiger partial charge in [-0.2, -0.15) is 4.98 Å². The van der Waals surface area contributed by atoms with Gasteiger partial charge >= 0.3 is 0 Å². The van der Waals surface area contributed by atoms with Gasteiger partial charge in [-0.25, -0.2) is 0 Å². The van der Waals surface area contributed by atoms with Crippen LogP contribution < -0.4 is 5.32 Å². The Hall–Kier alpha value is -1.16. The van der Waals surface area contributed by atoms with E-state index in [1.165, 1.54) is 4.88 Å². The van der Waals surface area contributed by atoms with E-state index < -0.39 is 0 Å². The molecule has 2 rings (SSSR count). The Labute approximate surface area is 164 Å². The molecule has 0 aliphatic carbocycles. The zero-order valence-electron chi connectivity index (χ0n) is 14.7. The van der Waals surface area contributed by atoms with E-state index in [0.717, 1.165) is 31.3 Å². The second kappa shape index (κ2) is 10.7. The van der Waals surface area contributed by atoms with Crippen molar-refractivity contribution < 1.29 is 4.52 Å². The van der Waals surface area contributed by atoms with Crippen molar-refractivity contribution in [3.63, 3.8) is 0 Å². The molecule has 0 saturated carbocycles. The summed E-state index contributed by atoms with van der Waals surface area (Å²) in [6, 6.07) is 4.25. The topological polar surface area (TPSA) is 66.5 Å². The predicted octanol–water partition coefficient (Wildman–Crippen LogP) is 3.16. The summed E-state index contributed by atoms with van der Waals surface area (Å²) in [5.74, 6) is 2.59. The van der Waals surface area contributed by atoms with Crippen molar-refractivity contribution in [2.24, 2.45) is 4.99 Å². The minimum Gasteiger partial charge on any atom is -0.356 e. The molecule has 0 saturated heterocycles. The fourth-order valence-corrected chi connectivity index (χ4v) is 2.81. The zero-order valence-corrected chi connectivity index (χ0v) is 17.8. The number of likely N-dealkylation sites (N-methyl/N-ethyl adjacent to an activating group) is 1. The third kappa shape index (κ3) is 6.39. The number of aromatic nitrogens is 2. The molecule has 0 unspecified atom stereocenters. The molecule has 0 radical (unpaired) electrons. The Balaban J connectivity index is 0.00000288. The van der Waals surface area contributed by atoms with E-state index in [-0.39, 0.29) is 29.9 Å². The molecule has 0 bridgehead atoms. The lowest BCUT2D eigenvalue weighted by molar-refractivity contribution is 0.370. The first kappa shape index (κ1) is 20.9. The normalized spacial score (nSPS) is 11.5. The van der Waals surface area contributed by atoms with E-state index in [4.69, 9.17) is 4.52 Å². The van der Waals surface area contributed by atoms with Gasteiger partial charge in [-0.1, -0.05) is 25.1 Å². The van der Waals surface area contributed by atoms with Crippen LogP contribution in [-0.4, -0.2) is 48.2 Å². The van der Waals surface area contributed by atoms with Crippen LogP contribution in [0.5, 0.6) is 0 Å². The summed E-state index contributed by atoms with van der Waals surface area (Å²) >= 11 is 1.79. The van der Waals surface area contributed by atoms with E-state index in [9.17, 15) is 0 Å². The van der Waals surface area contributed by atoms with Gasteiger partial charge in [-0.3, -0.25) is 4.99 Å². The van der Waals surface area contributed by atoms with Crippen LogP contribution in [0, 0.1) is 0 Å². The zero-order chi connectivity index (χ0) is 16.7. The highest BCUT2D eigenvalue weighted by molar-refractivity contribution is 14.0. The second-order valence-electron chi connectivity index (χ2n) is 5.68. The van der Waals surface area contributed by atoms with Crippen LogP contribution >= 0.6 is 35.3 Å². The highest BCUT2D eigenvalue weighted by atomic mass is 127. The Bertz CT molecular complexity index is 612. The van der Waals surface area contributed by atoms with Crippen molar-refractivity contribution in [3.8, 4) is 0 Å². The standard InChI is InChI=1S/C16H25N5OS.HI/c1-12(2)15-19-14(22-20-15)7-9-18-16(17-3)21(4)10-8-13-6-5-11-23-13;/h5-6,11-12H,7-10H2,1-4H3,(H,17,18);1H. The van der Waals surface area contributed by atoms with Gasteiger partial charge in [0.25, 0.3) is 0 Å². The third-order valence-corrected chi connectivity index (χ3v) is 4.41. The number of aliphatic imine (C=N–C) groups is 1. The molecule has 0 aliphatic heterocycles. The Morgan fingerprint density at radius 3 is 2.79 bits per heavy atom. The van der Waals surface area contributed by atoms with E-state index in [1.54, 1.807) is 18.4 Å². The average Bonchev–Trinajstić information content (AvgIpc) is 3.20. The lowest BCUT2D eigenvalue weighted by Gasteiger charge is -2.21. The Morgan fingerprint density at radius 2 is 2.21 bits per heavy atom. The van der Waals surface area contributed by atoms with Gasteiger partial charge in [-0.15, -0.1) is 35.3 Å². The highest BCUT2D eigenvalue weighted by Gasteiger charge is 2.10. The van der Waals surface area contributed by atoms with Crippen LogP contribution in [-0.2, 0) is 12.8 Å². The summed E-state index contributed by atoms with van der Waals surface area (Å²) in [5, 5.41) is 9.42. The summed E-state index contributed by atoms with van der Waals surface area (Å²) in [6.07, 6.45) is 1.72. The van der Waals surface area contributed by atoms with Gasteiger partial charge < -0.3 is 14.7 Å². The molecule has 2 aromatic heterocycles. The molecule has 0 aliphatic rings. The maximum absolute atomic E-state index is 5.25. The molecular weight excluding hydrogens is 437 g/mol. The number of nitrogens with zero attached hydrogens (tertiary/aromatic N) is 4. The maximum atomic E-state index is 5.25. The molecular formula is C16H26IN5OS. The van der Waals surface area contributed by atoms with Crippen molar-refractivity contribution in [1.82, 2.24) is 20.4 Å². The second-order valence-corrected chi connectivity index (χ2v) is 6.71. The van der Waals surface area contributed by atoms with Gasteiger partial charge in [-0.05, 0) is 17.9 Å². The SMILES string of the molecule is CN=C(NCCc1nc(C(C)C)no1)N(C)CCc1cccs1.I.